The molecule has 0 radical (unpaired) electrons. The second kappa shape index (κ2) is 7.83. The summed E-state index contributed by atoms with van der Waals surface area (Å²) >= 11 is 6.87. The summed E-state index contributed by atoms with van der Waals surface area (Å²) in [5.41, 5.74) is 1.77. The number of rotatable bonds is 4. The first-order valence-corrected chi connectivity index (χ1v) is 8.71. The van der Waals surface area contributed by atoms with Gasteiger partial charge in [0.2, 0.25) is 5.91 Å². The molecule has 1 atom stereocenters. The Hall–Kier alpha value is -1.27. The molecule has 1 heterocycles. The lowest BCUT2D eigenvalue weighted by Crippen LogP contribution is -2.29. The van der Waals surface area contributed by atoms with Crippen LogP contribution in [0.15, 0.2) is 18.2 Å². The average Bonchev–Trinajstić information content (AvgIpc) is 3.01. The summed E-state index contributed by atoms with van der Waals surface area (Å²) in [7, 11) is 1.60. The molecule has 1 N–H and O–H groups in total. The van der Waals surface area contributed by atoms with Gasteiger partial charge in [0, 0.05) is 13.1 Å². The highest BCUT2D eigenvalue weighted by Crippen LogP contribution is 2.27. The highest BCUT2D eigenvalue weighted by molar-refractivity contribution is 8.23. The van der Waals surface area contributed by atoms with Crippen molar-refractivity contribution in [2.75, 3.05) is 25.5 Å². The standard InChI is InChI=1S/C16H22N2O2S2/c1-11-6-7-14(20-3)13(10-11)17-15(19)12(2)22-16(21)18-8-4-5-9-18/h6-7,10,12H,4-5,8-9H2,1-3H3,(H,17,19)/t12-/m1/s1. The summed E-state index contributed by atoms with van der Waals surface area (Å²) in [5.74, 6) is 0.605. The van der Waals surface area contributed by atoms with Gasteiger partial charge in [-0.15, -0.1) is 0 Å². The number of anilines is 1. The van der Waals surface area contributed by atoms with E-state index in [1.165, 1.54) is 24.6 Å². The molecule has 0 spiro atoms. The van der Waals surface area contributed by atoms with Gasteiger partial charge in [-0.2, -0.15) is 0 Å². The van der Waals surface area contributed by atoms with Gasteiger partial charge in [-0.1, -0.05) is 30.0 Å². The van der Waals surface area contributed by atoms with E-state index in [0.29, 0.717) is 11.4 Å². The minimum Gasteiger partial charge on any atom is -0.495 e. The number of benzene rings is 1. The van der Waals surface area contributed by atoms with Gasteiger partial charge in [0.15, 0.2) is 0 Å². The molecule has 1 aromatic rings. The molecule has 1 aliphatic heterocycles. The van der Waals surface area contributed by atoms with Crippen LogP contribution in [-0.2, 0) is 4.79 Å². The number of thiocarbonyl (C=S) groups is 1. The molecule has 4 nitrogen and oxygen atoms in total. The molecule has 1 saturated heterocycles. The van der Waals surface area contributed by atoms with Crippen LogP contribution in [0.1, 0.15) is 25.3 Å². The number of aryl methyl sites for hydroxylation is 1. The normalized spacial score (nSPS) is 15.5. The van der Waals surface area contributed by atoms with Crippen LogP contribution >= 0.6 is 24.0 Å². The summed E-state index contributed by atoms with van der Waals surface area (Å²) in [6, 6.07) is 5.72. The van der Waals surface area contributed by atoms with Crippen LogP contribution in [0.3, 0.4) is 0 Å². The second-order valence-corrected chi connectivity index (χ2v) is 7.39. The molecule has 0 bridgehead atoms. The second-order valence-electron chi connectivity index (χ2n) is 5.41. The largest absolute Gasteiger partial charge is 0.495 e. The van der Waals surface area contributed by atoms with Gasteiger partial charge in [-0.05, 0) is 44.4 Å². The van der Waals surface area contributed by atoms with Crippen molar-refractivity contribution in [1.82, 2.24) is 4.90 Å². The highest BCUT2D eigenvalue weighted by Gasteiger charge is 2.22. The van der Waals surface area contributed by atoms with Gasteiger partial charge in [0.1, 0.15) is 10.1 Å². The number of hydrogen-bond donors (Lipinski definition) is 1. The van der Waals surface area contributed by atoms with E-state index in [4.69, 9.17) is 17.0 Å². The van der Waals surface area contributed by atoms with E-state index in [2.05, 4.69) is 10.2 Å². The number of amides is 1. The molecule has 0 saturated carbocycles. The SMILES string of the molecule is COc1ccc(C)cc1NC(=O)[C@@H](C)SC(=S)N1CCCC1. The fraction of sp³-hybridized carbons (Fsp3) is 0.500. The van der Waals surface area contributed by atoms with Crippen molar-refractivity contribution in [1.29, 1.82) is 0 Å². The minimum absolute atomic E-state index is 0.0598. The predicted octanol–water partition coefficient (Wildman–Crippen LogP) is 3.44. The lowest BCUT2D eigenvalue weighted by molar-refractivity contribution is -0.115. The number of carbonyl (C=O) groups excluding carboxylic acids is 1. The zero-order chi connectivity index (χ0) is 16.1. The van der Waals surface area contributed by atoms with E-state index < -0.39 is 0 Å². The van der Waals surface area contributed by atoms with Crippen LogP contribution in [0.5, 0.6) is 5.75 Å². The topological polar surface area (TPSA) is 41.6 Å². The van der Waals surface area contributed by atoms with Gasteiger partial charge in [-0.25, -0.2) is 0 Å². The van der Waals surface area contributed by atoms with E-state index in [9.17, 15) is 4.79 Å². The first-order valence-electron chi connectivity index (χ1n) is 7.42. The maximum Gasteiger partial charge on any atom is 0.237 e. The number of nitrogens with one attached hydrogen (secondary N) is 1. The van der Waals surface area contributed by atoms with Crippen LogP contribution in [0.4, 0.5) is 5.69 Å². The minimum atomic E-state index is -0.238. The maximum atomic E-state index is 12.4. The number of methoxy groups -OCH3 is 1. The predicted molar refractivity (Wildman–Crippen MR) is 96.8 cm³/mol. The number of thioether (sulfide) groups is 1. The molecule has 1 aromatic carbocycles. The van der Waals surface area contributed by atoms with Crippen molar-refractivity contribution in [3.63, 3.8) is 0 Å². The Balaban J connectivity index is 1.96. The molecule has 0 unspecified atom stereocenters. The van der Waals surface area contributed by atoms with Gasteiger partial charge in [-0.3, -0.25) is 4.79 Å². The van der Waals surface area contributed by atoms with E-state index in [0.717, 1.165) is 23.0 Å². The van der Waals surface area contributed by atoms with Crippen LogP contribution < -0.4 is 10.1 Å². The number of ether oxygens (including phenoxy) is 1. The van der Waals surface area contributed by atoms with Crippen LogP contribution in [-0.4, -0.2) is 40.6 Å². The first kappa shape index (κ1) is 17.1. The average molecular weight is 338 g/mol. The van der Waals surface area contributed by atoms with Crippen molar-refractivity contribution < 1.29 is 9.53 Å². The van der Waals surface area contributed by atoms with Crippen molar-refractivity contribution in [2.24, 2.45) is 0 Å². The summed E-state index contributed by atoms with van der Waals surface area (Å²) in [6.45, 7) is 5.87. The lowest BCUT2D eigenvalue weighted by atomic mass is 10.2. The molecule has 1 amide bonds. The molecule has 120 valence electrons. The lowest BCUT2D eigenvalue weighted by Gasteiger charge is -2.20. The number of hydrogen-bond acceptors (Lipinski definition) is 4. The van der Waals surface area contributed by atoms with Crippen LogP contribution in [0.2, 0.25) is 0 Å². The zero-order valence-corrected chi connectivity index (χ0v) is 14.9. The van der Waals surface area contributed by atoms with Crippen molar-refractivity contribution in [2.45, 2.75) is 31.9 Å². The third-order valence-electron chi connectivity index (χ3n) is 3.62. The van der Waals surface area contributed by atoms with E-state index in [1.54, 1.807) is 7.11 Å². The Morgan fingerprint density at radius 3 is 2.73 bits per heavy atom. The van der Waals surface area contributed by atoms with Gasteiger partial charge in [0.25, 0.3) is 0 Å². The third-order valence-corrected chi connectivity index (χ3v) is 5.20. The molecule has 22 heavy (non-hydrogen) atoms. The smallest absolute Gasteiger partial charge is 0.237 e. The van der Waals surface area contributed by atoms with Crippen molar-refractivity contribution in [3.8, 4) is 5.75 Å². The molecular formula is C16H22N2O2S2. The van der Waals surface area contributed by atoms with Crippen molar-refractivity contribution >= 4 is 39.9 Å². The highest BCUT2D eigenvalue weighted by atomic mass is 32.2. The van der Waals surface area contributed by atoms with Crippen LogP contribution in [0, 0.1) is 6.92 Å². The summed E-state index contributed by atoms with van der Waals surface area (Å²) < 4.78 is 6.10. The quantitative estimate of drug-likeness (QED) is 0.852. The Morgan fingerprint density at radius 1 is 1.41 bits per heavy atom. The maximum absolute atomic E-state index is 12.4. The van der Waals surface area contributed by atoms with Gasteiger partial charge < -0.3 is 15.0 Å². The zero-order valence-electron chi connectivity index (χ0n) is 13.2. The molecule has 6 heteroatoms. The van der Waals surface area contributed by atoms with E-state index in [-0.39, 0.29) is 11.2 Å². The van der Waals surface area contributed by atoms with E-state index >= 15 is 0 Å². The number of nitrogens with zero attached hydrogens (tertiary/aromatic N) is 1. The number of carbonyl (C=O) groups is 1. The summed E-state index contributed by atoms with van der Waals surface area (Å²) in [6.07, 6.45) is 2.36. The summed E-state index contributed by atoms with van der Waals surface area (Å²) in [5, 5.41) is 2.70. The molecule has 1 aliphatic rings. The third kappa shape index (κ3) is 4.36. The summed E-state index contributed by atoms with van der Waals surface area (Å²) in [4.78, 5) is 14.6. The molecule has 0 aromatic heterocycles. The van der Waals surface area contributed by atoms with E-state index in [1.807, 2.05) is 32.0 Å². The monoisotopic (exact) mass is 338 g/mol. The Kier molecular flexibility index (Phi) is 6.08. The van der Waals surface area contributed by atoms with Gasteiger partial charge in [0.05, 0.1) is 18.0 Å². The fourth-order valence-electron chi connectivity index (χ4n) is 2.33. The molecule has 2 rings (SSSR count). The number of likely N-dealkylation sites (tertiary alicyclic amines) is 1. The molecule has 0 aliphatic carbocycles. The Labute approximate surface area is 141 Å². The molecular weight excluding hydrogens is 316 g/mol. The first-order chi connectivity index (χ1) is 10.5. The van der Waals surface area contributed by atoms with Gasteiger partial charge >= 0.3 is 0 Å². The Bertz CT molecular complexity index is 557. The van der Waals surface area contributed by atoms with Crippen molar-refractivity contribution in [3.05, 3.63) is 23.8 Å². The molecule has 1 fully saturated rings. The van der Waals surface area contributed by atoms with Crippen LogP contribution in [0.25, 0.3) is 0 Å². The Morgan fingerprint density at radius 2 is 2.09 bits per heavy atom. The fourth-order valence-corrected chi connectivity index (χ4v) is 3.75.